The fraction of sp³-hybridized carbons (Fsp3) is 0.143. The lowest BCUT2D eigenvalue weighted by Gasteiger charge is -2.11. The van der Waals surface area contributed by atoms with Crippen LogP contribution in [0.2, 0.25) is 0 Å². The normalized spacial score (nSPS) is 10.5. The van der Waals surface area contributed by atoms with E-state index >= 15 is 0 Å². The molecule has 2 aromatic heterocycles. The molecule has 0 amide bonds. The lowest BCUT2D eigenvalue weighted by molar-refractivity contribution is 0.687. The molecule has 5 heteroatoms. The Labute approximate surface area is 111 Å². The molecule has 0 saturated carbocycles. The maximum Gasteiger partial charge on any atom is 0.0922 e. The maximum absolute atomic E-state index is 4.24. The van der Waals surface area contributed by atoms with Gasteiger partial charge in [-0.05, 0) is 17.7 Å². The molecule has 0 aliphatic heterocycles. The van der Waals surface area contributed by atoms with Crippen molar-refractivity contribution in [1.82, 2.24) is 19.7 Å². The second-order valence-corrected chi connectivity index (χ2v) is 4.29. The highest BCUT2D eigenvalue weighted by Crippen LogP contribution is 2.16. The number of rotatable bonds is 5. The molecular formula is C14H15N5. The minimum atomic E-state index is 0.732. The van der Waals surface area contributed by atoms with Gasteiger partial charge < -0.3 is 10.3 Å². The first-order valence-corrected chi connectivity index (χ1v) is 6.18. The number of hydrogen-bond acceptors (Lipinski definition) is 3. The molecule has 0 unspecified atom stereocenters. The summed E-state index contributed by atoms with van der Waals surface area (Å²) >= 11 is 0. The van der Waals surface area contributed by atoms with Crippen LogP contribution in [0.4, 0.5) is 5.69 Å². The Balaban J connectivity index is 1.73. The number of aromatic amines is 1. The van der Waals surface area contributed by atoms with Crippen molar-refractivity contribution in [3.63, 3.8) is 0 Å². The molecule has 0 radical (unpaired) electrons. The number of nitrogens with zero attached hydrogens (tertiary/aromatic N) is 3. The van der Waals surface area contributed by atoms with Crippen LogP contribution in [0.1, 0.15) is 11.3 Å². The summed E-state index contributed by atoms with van der Waals surface area (Å²) in [5, 5.41) is 7.65. The van der Waals surface area contributed by atoms with E-state index in [0.29, 0.717) is 0 Å². The van der Waals surface area contributed by atoms with Crippen LogP contribution < -0.4 is 5.32 Å². The molecule has 0 spiro atoms. The Morgan fingerprint density at radius 1 is 1.21 bits per heavy atom. The monoisotopic (exact) mass is 253 g/mol. The molecule has 3 rings (SSSR count). The second kappa shape index (κ2) is 5.39. The standard InChI is InChI=1S/C14H15N5/c1-2-5-14(16-9-13-8-15-11-17-13)12(4-1)10-19-7-3-6-18-19/h1-8,11,16H,9-10H2,(H,15,17). The molecule has 1 aromatic carbocycles. The van der Waals surface area contributed by atoms with E-state index in [2.05, 4.69) is 32.5 Å². The van der Waals surface area contributed by atoms with Crippen molar-refractivity contribution < 1.29 is 0 Å². The van der Waals surface area contributed by atoms with Crippen LogP contribution >= 0.6 is 0 Å². The van der Waals surface area contributed by atoms with Gasteiger partial charge in [0.25, 0.3) is 0 Å². The predicted octanol–water partition coefficient (Wildman–Crippen LogP) is 2.27. The van der Waals surface area contributed by atoms with E-state index in [4.69, 9.17) is 0 Å². The van der Waals surface area contributed by atoms with Crippen LogP contribution in [0.5, 0.6) is 0 Å². The van der Waals surface area contributed by atoms with Crippen molar-refractivity contribution in [2.45, 2.75) is 13.1 Å². The third kappa shape index (κ3) is 2.82. The summed E-state index contributed by atoms with van der Waals surface area (Å²) in [6.45, 7) is 1.50. The summed E-state index contributed by atoms with van der Waals surface area (Å²) in [5.74, 6) is 0. The fourth-order valence-corrected chi connectivity index (χ4v) is 1.97. The average molecular weight is 253 g/mol. The third-order valence-corrected chi connectivity index (χ3v) is 2.93. The topological polar surface area (TPSA) is 58.5 Å². The van der Waals surface area contributed by atoms with Gasteiger partial charge in [0.05, 0.1) is 25.1 Å². The van der Waals surface area contributed by atoms with E-state index in [1.807, 2.05) is 35.3 Å². The molecule has 2 heterocycles. The molecular weight excluding hydrogens is 238 g/mol. The van der Waals surface area contributed by atoms with Crippen LogP contribution in [0.15, 0.2) is 55.2 Å². The quantitative estimate of drug-likeness (QED) is 0.733. The summed E-state index contributed by atoms with van der Waals surface area (Å²) in [6, 6.07) is 10.2. The SMILES string of the molecule is c1ccc(NCc2cnc[nH]2)c(Cn2cccn2)c1. The van der Waals surface area contributed by atoms with Crippen LogP contribution in [0.25, 0.3) is 0 Å². The van der Waals surface area contributed by atoms with Gasteiger partial charge in [-0.25, -0.2) is 4.98 Å². The van der Waals surface area contributed by atoms with Gasteiger partial charge in [0.1, 0.15) is 0 Å². The zero-order chi connectivity index (χ0) is 12.9. The van der Waals surface area contributed by atoms with Crippen molar-refractivity contribution in [2.24, 2.45) is 0 Å². The number of aromatic nitrogens is 4. The largest absolute Gasteiger partial charge is 0.379 e. The Morgan fingerprint density at radius 2 is 2.16 bits per heavy atom. The van der Waals surface area contributed by atoms with E-state index in [1.54, 1.807) is 12.5 Å². The van der Waals surface area contributed by atoms with E-state index in [1.165, 1.54) is 5.56 Å². The number of imidazole rings is 1. The molecule has 19 heavy (non-hydrogen) atoms. The highest BCUT2D eigenvalue weighted by atomic mass is 15.3. The maximum atomic E-state index is 4.24. The second-order valence-electron chi connectivity index (χ2n) is 4.29. The summed E-state index contributed by atoms with van der Waals surface area (Å²) < 4.78 is 1.91. The Bertz CT molecular complexity index is 613. The van der Waals surface area contributed by atoms with Crippen molar-refractivity contribution in [3.8, 4) is 0 Å². The van der Waals surface area contributed by atoms with Crippen molar-refractivity contribution in [3.05, 3.63) is 66.5 Å². The van der Waals surface area contributed by atoms with Crippen LogP contribution in [-0.4, -0.2) is 19.7 Å². The number of para-hydroxylation sites is 1. The van der Waals surface area contributed by atoms with Gasteiger partial charge in [-0.2, -0.15) is 5.10 Å². The minimum absolute atomic E-state index is 0.732. The fourth-order valence-electron chi connectivity index (χ4n) is 1.97. The zero-order valence-corrected chi connectivity index (χ0v) is 10.5. The molecule has 0 atom stereocenters. The van der Waals surface area contributed by atoms with E-state index in [-0.39, 0.29) is 0 Å². The molecule has 0 bridgehead atoms. The molecule has 5 nitrogen and oxygen atoms in total. The Hall–Kier alpha value is -2.56. The molecule has 0 saturated heterocycles. The number of hydrogen-bond donors (Lipinski definition) is 2. The van der Waals surface area contributed by atoms with Gasteiger partial charge in [0.15, 0.2) is 0 Å². The third-order valence-electron chi connectivity index (χ3n) is 2.93. The highest BCUT2D eigenvalue weighted by Gasteiger charge is 2.03. The van der Waals surface area contributed by atoms with Crippen molar-refractivity contribution in [2.75, 3.05) is 5.32 Å². The smallest absolute Gasteiger partial charge is 0.0922 e. The number of H-pyrrole nitrogens is 1. The molecule has 96 valence electrons. The lowest BCUT2D eigenvalue weighted by atomic mass is 10.1. The highest BCUT2D eigenvalue weighted by molar-refractivity contribution is 5.51. The first-order chi connectivity index (χ1) is 9.42. The summed E-state index contributed by atoms with van der Waals surface area (Å²) in [5.41, 5.74) is 3.40. The number of anilines is 1. The molecule has 2 N–H and O–H groups in total. The van der Waals surface area contributed by atoms with Gasteiger partial charge in [-0.3, -0.25) is 4.68 Å². The summed E-state index contributed by atoms with van der Waals surface area (Å²) in [4.78, 5) is 7.09. The van der Waals surface area contributed by atoms with Gasteiger partial charge in [0, 0.05) is 24.3 Å². The number of nitrogens with one attached hydrogen (secondary N) is 2. The van der Waals surface area contributed by atoms with Gasteiger partial charge in [-0.15, -0.1) is 0 Å². The van der Waals surface area contributed by atoms with Gasteiger partial charge in [-0.1, -0.05) is 18.2 Å². The van der Waals surface area contributed by atoms with Crippen molar-refractivity contribution >= 4 is 5.69 Å². The zero-order valence-electron chi connectivity index (χ0n) is 10.5. The van der Waals surface area contributed by atoms with Crippen molar-refractivity contribution in [1.29, 1.82) is 0 Å². The molecule has 0 fully saturated rings. The molecule has 3 aromatic rings. The summed E-state index contributed by atoms with van der Waals surface area (Å²) in [7, 11) is 0. The first-order valence-electron chi connectivity index (χ1n) is 6.18. The predicted molar refractivity (Wildman–Crippen MR) is 73.7 cm³/mol. The molecule has 0 aliphatic rings. The average Bonchev–Trinajstić information content (AvgIpc) is 3.10. The lowest BCUT2D eigenvalue weighted by Crippen LogP contribution is -2.06. The van der Waals surface area contributed by atoms with Gasteiger partial charge in [0.2, 0.25) is 0 Å². The van der Waals surface area contributed by atoms with Crippen LogP contribution in [0.3, 0.4) is 0 Å². The Morgan fingerprint density at radius 3 is 2.95 bits per heavy atom. The van der Waals surface area contributed by atoms with Gasteiger partial charge >= 0.3 is 0 Å². The van der Waals surface area contributed by atoms with Crippen LogP contribution in [-0.2, 0) is 13.1 Å². The summed E-state index contributed by atoms with van der Waals surface area (Å²) in [6.07, 6.45) is 7.27. The van der Waals surface area contributed by atoms with E-state index in [9.17, 15) is 0 Å². The minimum Gasteiger partial charge on any atom is -0.379 e. The molecule has 0 aliphatic carbocycles. The van der Waals surface area contributed by atoms with E-state index in [0.717, 1.165) is 24.5 Å². The van der Waals surface area contributed by atoms with Crippen LogP contribution in [0, 0.1) is 0 Å². The number of benzene rings is 1. The Kier molecular flexibility index (Phi) is 3.27. The van der Waals surface area contributed by atoms with E-state index < -0.39 is 0 Å². The first kappa shape index (κ1) is 11.5.